The fraction of sp³-hybridized carbons (Fsp3) is 0.214. The Morgan fingerprint density at radius 3 is 2.43 bits per heavy atom. The topological polar surface area (TPSA) is 76.3 Å². The molecule has 4 aromatic rings. The highest BCUT2D eigenvalue weighted by Gasteiger charge is 2.27. The van der Waals surface area contributed by atoms with E-state index in [1.54, 1.807) is 6.20 Å². The van der Waals surface area contributed by atoms with Gasteiger partial charge < -0.3 is 20.4 Å². The molecule has 2 aliphatic rings. The molecule has 7 heteroatoms. The number of H-pyrrole nitrogens is 1. The van der Waals surface area contributed by atoms with Crippen molar-refractivity contribution in [3.63, 3.8) is 0 Å². The predicted octanol–water partition coefficient (Wildman–Crippen LogP) is 4.35. The minimum atomic E-state index is -0.355. The van der Waals surface area contributed by atoms with Gasteiger partial charge in [-0.2, -0.15) is 5.10 Å². The van der Waals surface area contributed by atoms with E-state index in [-0.39, 0.29) is 12.1 Å². The molecule has 3 heterocycles. The molecule has 6 rings (SSSR count). The number of nitrogens with zero attached hydrogens (tertiary/aromatic N) is 3. The van der Waals surface area contributed by atoms with Crippen LogP contribution in [0.3, 0.4) is 0 Å². The van der Waals surface area contributed by atoms with E-state index in [9.17, 15) is 4.79 Å². The second-order valence-electron chi connectivity index (χ2n) is 9.21. The van der Waals surface area contributed by atoms with Crippen molar-refractivity contribution in [1.82, 2.24) is 20.4 Å². The largest absolute Gasteiger partial charge is 0.369 e. The van der Waals surface area contributed by atoms with Crippen LogP contribution in [0.15, 0.2) is 79.0 Å². The fourth-order valence-corrected chi connectivity index (χ4v) is 4.88. The number of carbonyl (C=O) groups is 1. The van der Waals surface area contributed by atoms with Crippen LogP contribution in [0.4, 0.5) is 11.4 Å². The Kier molecular flexibility index (Phi) is 5.47. The molecule has 0 radical (unpaired) electrons. The van der Waals surface area contributed by atoms with Crippen molar-refractivity contribution in [3.05, 3.63) is 90.1 Å². The van der Waals surface area contributed by atoms with Crippen LogP contribution in [0, 0.1) is 0 Å². The lowest BCUT2D eigenvalue weighted by atomic mass is 9.99. The summed E-state index contributed by atoms with van der Waals surface area (Å²) in [5, 5.41) is 13.9. The number of para-hydroxylation sites is 1. The molecule has 2 aliphatic heterocycles. The summed E-state index contributed by atoms with van der Waals surface area (Å²) < 4.78 is 0. The standard InChI is InChI=1S/C28H28N6O/c1-33-13-15-34(16-14-33)22-6-4-5-21(17-22)19-9-11-20(12-10-19)26-24(18-29-32-26)27-30-25-8-3-2-7-23(25)28(35)31-27/h2-12,17-18,27,30H,13-16H2,1H3,(H,29,32)(H,31,35). The number of hydrogen-bond acceptors (Lipinski definition) is 5. The van der Waals surface area contributed by atoms with Gasteiger partial charge in [0, 0.05) is 43.1 Å². The first-order valence-corrected chi connectivity index (χ1v) is 12.0. The summed E-state index contributed by atoms with van der Waals surface area (Å²) in [5.41, 5.74) is 7.93. The number of amides is 1. The molecular formula is C28H28N6O. The second kappa shape index (κ2) is 8.92. The summed E-state index contributed by atoms with van der Waals surface area (Å²) in [6.07, 6.45) is 1.42. The van der Waals surface area contributed by atoms with E-state index in [4.69, 9.17) is 0 Å². The smallest absolute Gasteiger partial charge is 0.255 e. The number of benzene rings is 3. The van der Waals surface area contributed by atoms with E-state index >= 15 is 0 Å². The Labute approximate surface area is 204 Å². The molecule has 1 aromatic heterocycles. The highest BCUT2D eigenvalue weighted by Crippen LogP contribution is 2.33. The highest BCUT2D eigenvalue weighted by molar-refractivity contribution is 6.01. The van der Waals surface area contributed by atoms with Crippen LogP contribution >= 0.6 is 0 Å². The van der Waals surface area contributed by atoms with Crippen molar-refractivity contribution >= 4 is 17.3 Å². The number of aromatic amines is 1. The highest BCUT2D eigenvalue weighted by atomic mass is 16.2. The molecule has 1 saturated heterocycles. The van der Waals surface area contributed by atoms with Gasteiger partial charge in [0.05, 0.1) is 17.5 Å². The van der Waals surface area contributed by atoms with E-state index in [2.05, 4.69) is 86.2 Å². The molecule has 1 fully saturated rings. The Hall–Kier alpha value is -4.10. The van der Waals surface area contributed by atoms with Gasteiger partial charge in [-0.1, -0.05) is 48.5 Å². The monoisotopic (exact) mass is 464 g/mol. The normalized spacial score (nSPS) is 18.0. The van der Waals surface area contributed by atoms with Gasteiger partial charge in [0.1, 0.15) is 6.17 Å². The first kappa shape index (κ1) is 21.4. The molecule has 35 heavy (non-hydrogen) atoms. The summed E-state index contributed by atoms with van der Waals surface area (Å²) in [6, 6.07) is 24.8. The molecule has 0 aliphatic carbocycles. The molecule has 3 aromatic carbocycles. The summed E-state index contributed by atoms with van der Waals surface area (Å²) in [5.74, 6) is -0.0907. The molecule has 1 amide bonds. The Morgan fingerprint density at radius 1 is 0.829 bits per heavy atom. The van der Waals surface area contributed by atoms with Crippen molar-refractivity contribution in [2.75, 3.05) is 43.4 Å². The van der Waals surface area contributed by atoms with Gasteiger partial charge in [-0.05, 0) is 48.0 Å². The number of nitrogens with one attached hydrogen (secondary N) is 3. The number of aromatic nitrogens is 2. The third-order valence-electron chi connectivity index (χ3n) is 6.95. The Bertz CT molecular complexity index is 1350. The van der Waals surface area contributed by atoms with Gasteiger partial charge in [-0.15, -0.1) is 0 Å². The second-order valence-corrected chi connectivity index (χ2v) is 9.21. The van der Waals surface area contributed by atoms with E-state index in [1.807, 2.05) is 24.3 Å². The average Bonchev–Trinajstić information content (AvgIpc) is 3.39. The van der Waals surface area contributed by atoms with Crippen molar-refractivity contribution in [2.45, 2.75) is 6.17 Å². The molecule has 176 valence electrons. The molecule has 1 unspecified atom stereocenters. The molecular weight excluding hydrogens is 436 g/mol. The lowest BCUT2D eigenvalue weighted by molar-refractivity contribution is 0.0936. The van der Waals surface area contributed by atoms with Crippen molar-refractivity contribution in [2.24, 2.45) is 0 Å². The zero-order valence-electron chi connectivity index (χ0n) is 19.7. The van der Waals surface area contributed by atoms with Crippen LogP contribution in [0.2, 0.25) is 0 Å². The minimum absolute atomic E-state index is 0.0907. The number of fused-ring (bicyclic) bond motifs is 1. The van der Waals surface area contributed by atoms with Crippen molar-refractivity contribution in [1.29, 1.82) is 0 Å². The van der Waals surface area contributed by atoms with Gasteiger partial charge in [0.15, 0.2) is 0 Å². The molecule has 7 nitrogen and oxygen atoms in total. The van der Waals surface area contributed by atoms with Crippen LogP contribution in [-0.4, -0.2) is 54.2 Å². The van der Waals surface area contributed by atoms with Crippen molar-refractivity contribution in [3.8, 4) is 22.4 Å². The average molecular weight is 465 g/mol. The van der Waals surface area contributed by atoms with Crippen LogP contribution in [0.1, 0.15) is 22.1 Å². The number of piperazine rings is 1. The molecule has 1 atom stereocenters. The van der Waals surface area contributed by atoms with Crippen LogP contribution in [0.5, 0.6) is 0 Å². The Balaban J connectivity index is 1.24. The number of hydrogen-bond donors (Lipinski definition) is 3. The number of anilines is 2. The zero-order chi connectivity index (χ0) is 23.8. The van der Waals surface area contributed by atoms with Crippen LogP contribution < -0.4 is 15.5 Å². The maximum absolute atomic E-state index is 12.6. The van der Waals surface area contributed by atoms with Crippen molar-refractivity contribution < 1.29 is 4.79 Å². The van der Waals surface area contributed by atoms with Gasteiger partial charge in [-0.3, -0.25) is 9.89 Å². The lowest BCUT2D eigenvalue weighted by Gasteiger charge is -2.34. The molecule has 0 saturated carbocycles. The summed E-state index contributed by atoms with van der Waals surface area (Å²) in [4.78, 5) is 17.4. The maximum atomic E-state index is 12.6. The third kappa shape index (κ3) is 4.15. The first-order valence-electron chi connectivity index (χ1n) is 12.0. The predicted molar refractivity (Wildman–Crippen MR) is 139 cm³/mol. The van der Waals surface area contributed by atoms with Crippen LogP contribution in [-0.2, 0) is 0 Å². The van der Waals surface area contributed by atoms with Gasteiger partial charge >= 0.3 is 0 Å². The Morgan fingerprint density at radius 2 is 1.60 bits per heavy atom. The SMILES string of the molecule is CN1CCN(c2cccc(-c3ccc(-c4[nH]ncc4C4NC(=O)c5ccccc5N4)cc3)c2)CC1. The zero-order valence-corrected chi connectivity index (χ0v) is 19.7. The third-order valence-corrected chi connectivity index (χ3v) is 6.95. The van der Waals surface area contributed by atoms with Crippen LogP contribution in [0.25, 0.3) is 22.4 Å². The maximum Gasteiger partial charge on any atom is 0.255 e. The summed E-state index contributed by atoms with van der Waals surface area (Å²) in [6.45, 7) is 4.29. The molecule has 3 N–H and O–H groups in total. The summed E-state index contributed by atoms with van der Waals surface area (Å²) >= 11 is 0. The van der Waals surface area contributed by atoms with Gasteiger partial charge in [0.25, 0.3) is 5.91 Å². The molecule has 0 bridgehead atoms. The molecule has 0 spiro atoms. The summed E-state index contributed by atoms with van der Waals surface area (Å²) in [7, 11) is 2.18. The number of rotatable bonds is 4. The van der Waals surface area contributed by atoms with E-state index in [1.165, 1.54) is 16.8 Å². The van der Waals surface area contributed by atoms with E-state index in [0.29, 0.717) is 5.56 Å². The quantitative estimate of drug-likeness (QED) is 0.419. The fourth-order valence-electron chi connectivity index (χ4n) is 4.88. The van der Waals surface area contributed by atoms with Gasteiger partial charge in [-0.25, -0.2) is 0 Å². The van der Waals surface area contributed by atoms with E-state index in [0.717, 1.165) is 48.7 Å². The number of carbonyl (C=O) groups excluding carboxylic acids is 1. The first-order chi connectivity index (χ1) is 17.2. The lowest BCUT2D eigenvalue weighted by Crippen LogP contribution is -2.44. The van der Waals surface area contributed by atoms with Gasteiger partial charge in [0.2, 0.25) is 0 Å². The van der Waals surface area contributed by atoms with E-state index < -0.39 is 0 Å². The number of likely N-dealkylation sites (N-methyl/N-ethyl adjacent to an activating group) is 1. The minimum Gasteiger partial charge on any atom is -0.369 e.